The summed E-state index contributed by atoms with van der Waals surface area (Å²) in [7, 11) is 0. The Morgan fingerprint density at radius 3 is 1.74 bits per heavy atom. The number of guanidine groups is 1. The highest BCUT2D eigenvalue weighted by molar-refractivity contribution is 6.01. The van der Waals surface area contributed by atoms with Crippen LogP contribution in [0.1, 0.15) is 67.7 Å². The normalized spacial score (nSPS) is 11.2. The molecule has 0 aromatic rings. The lowest BCUT2D eigenvalue weighted by atomic mass is 10.2. The number of nitrogens with zero attached hydrogens (tertiary/aromatic N) is 1. The summed E-state index contributed by atoms with van der Waals surface area (Å²) in [6.07, 6.45) is 0.378. The summed E-state index contributed by atoms with van der Waals surface area (Å²) in [6.45, 7) is 13.1. The van der Waals surface area contributed by atoms with Gasteiger partial charge in [0.1, 0.15) is 11.2 Å². The van der Waals surface area contributed by atoms with Crippen LogP contribution in [0.15, 0.2) is 4.99 Å². The topological polar surface area (TPSA) is 118 Å². The van der Waals surface area contributed by atoms with E-state index in [9.17, 15) is 14.4 Å². The summed E-state index contributed by atoms with van der Waals surface area (Å²) in [5.74, 6) is -0.0477. The van der Waals surface area contributed by atoms with Crippen LogP contribution in [0.4, 0.5) is 9.59 Å². The van der Waals surface area contributed by atoms with Crippen molar-refractivity contribution in [3.05, 3.63) is 0 Å². The lowest BCUT2D eigenvalue weighted by molar-refractivity contribution is -0.120. The van der Waals surface area contributed by atoms with E-state index in [1.165, 1.54) is 0 Å². The Kier molecular flexibility index (Phi) is 10.4. The van der Waals surface area contributed by atoms with Gasteiger partial charge in [0.2, 0.25) is 11.9 Å². The summed E-state index contributed by atoms with van der Waals surface area (Å²) in [4.78, 5) is 39.2. The number of rotatable bonds is 6. The minimum Gasteiger partial charge on any atom is -0.444 e. The second-order valence-electron chi connectivity index (χ2n) is 7.89. The van der Waals surface area contributed by atoms with Gasteiger partial charge in [0, 0.05) is 19.5 Å². The predicted molar refractivity (Wildman–Crippen MR) is 104 cm³/mol. The maximum Gasteiger partial charge on any atom is 0.414 e. The monoisotopic (exact) mass is 386 g/mol. The van der Waals surface area contributed by atoms with Gasteiger partial charge in [-0.3, -0.25) is 20.4 Å². The average molecular weight is 386 g/mol. The molecule has 0 radical (unpaired) electrons. The number of hydrogen-bond donors (Lipinski definition) is 3. The molecule has 0 aromatic heterocycles. The summed E-state index contributed by atoms with van der Waals surface area (Å²) >= 11 is 0. The Morgan fingerprint density at radius 1 is 0.852 bits per heavy atom. The number of aliphatic imine (C=N–C) groups is 1. The number of nitrogens with one attached hydrogen (secondary N) is 3. The molecule has 0 aliphatic carbocycles. The Labute approximate surface area is 161 Å². The van der Waals surface area contributed by atoms with Gasteiger partial charge in [0.25, 0.3) is 0 Å². The van der Waals surface area contributed by atoms with E-state index in [2.05, 4.69) is 20.9 Å². The molecule has 0 atom stereocenters. The largest absolute Gasteiger partial charge is 0.444 e. The maximum atomic E-state index is 11.9. The lowest BCUT2D eigenvalue weighted by Gasteiger charge is -2.22. The molecule has 3 N–H and O–H groups in total. The summed E-state index contributed by atoms with van der Waals surface area (Å²) < 4.78 is 10.3. The third-order valence-electron chi connectivity index (χ3n) is 2.74. The molecule has 3 amide bonds. The van der Waals surface area contributed by atoms with Gasteiger partial charge >= 0.3 is 12.2 Å². The SMILES string of the molecule is CCC(=O)NCCCCN=C(NC(=O)OC(C)(C)C)NC(=O)OC(C)(C)C. The summed E-state index contributed by atoms with van der Waals surface area (Å²) in [5, 5.41) is 7.60. The molecule has 0 aliphatic rings. The highest BCUT2D eigenvalue weighted by atomic mass is 16.6. The third kappa shape index (κ3) is 15.6. The van der Waals surface area contributed by atoms with Crippen molar-refractivity contribution < 1.29 is 23.9 Å². The molecular weight excluding hydrogens is 352 g/mol. The van der Waals surface area contributed by atoms with E-state index in [1.54, 1.807) is 48.5 Å². The van der Waals surface area contributed by atoms with Crippen molar-refractivity contribution in [3.63, 3.8) is 0 Å². The second-order valence-corrected chi connectivity index (χ2v) is 7.89. The van der Waals surface area contributed by atoms with Crippen molar-refractivity contribution in [1.82, 2.24) is 16.0 Å². The van der Waals surface area contributed by atoms with E-state index in [4.69, 9.17) is 9.47 Å². The van der Waals surface area contributed by atoms with Crippen LogP contribution >= 0.6 is 0 Å². The standard InChI is InChI=1S/C18H34N4O5/c1-8-13(23)19-11-9-10-12-20-14(21-15(24)26-17(2,3)4)22-16(25)27-18(5,6)7/h8-12H2,1-7H3,(H,19,23)(H2,20,21,22,24,25). The fourth-order valence-corrected chi connectivity index (χ4v) is 1.69. The molecule has 0 fully saturated rings. The number of alkyl carbamates (subject to hydrolysis) is 2. The average Bonchev–Trinajstić information content (AvgIpc) is 2.46. The van der Waals surface area contributed by atoms with Crippen molar-refractivity contribution in [1.29, 1.82) is 0 Å². The molecule has 0 heterocycles. The van der Waals surface area contributed by atoms with Gasteiger partial charge in [-0.1, -0.05) is 6.92 Å². The van der Waals surface area contributed by atoms with Crippen LogP contribution in [0.3, 0.4) is 0 Å². The Hall–Kier alpha value is -2.32. The molecule has 0 saturated heterocycles. The Morgan fingerprint density at radius 2 is 1.33 bits per heavy atom. The molecule has 0 spiro atoms. The highest BCUT2D eigenvalue weighted by Gasteiger charge is 2.21. The zero-order valence-electron chi connectivity index (χ0n) is 17.5. The van der Waals surface area contributed by atoms with E-state index < -0.39 is 23.4 Å². The van der Waals surface area contributed by atoms with Crippen LogP contribution in [0.25, 0.3) is 0 Å². The number of unbranched alkanes of at least 4 members (excludes halogenated alkanes) is 1. The predicted octanol–water partition coefficient (Wildman–Crippen LogP) is 2.70. The molecule has 0 aliphatic heterocycles. The van der Waals surface area contributed by atoms with E-state index >= 15 is 0 Å². The first-order valence-corrected chi connectivity index (χ1v) is 9.13. The van der Waals surface area contributed by atoms with E-state index in [1.807, 2.05) is 0 Å². The first-order valence-electron chi connectivity index (χ1n) is 9.13. The van der Waals surface area contributed by atoms with Gasteiger partial charge in [-0.2, -0.15) is 0 Å². The van der Waals surface area contributed by atoms with Gasteiger partial charge in [0.15, 0.2) is 0 Å². The van der Waals surface area contributed by atoms with Gasteiger partial charge in [-0.05, 0) is 54.4 Å². The van der Waals surface area contributed by atoms with Crippen LogP contribution in [0, 0.1) is 0 Å². The number of amides is 3. The molecule has 27 heavy (non-hydrogen) atoms. The number of ether oxygens (including phenoxy) is 2. The Balaban J connectivity index is 4.69. The zero-order chi connectivity index (χ0) is 21.1. The van der Waals surface area contributed by atoms with Gasteiger partial charge in [-0.15, -0.1) is 0 Å². The molecule has 0 rings (SSSR count). The first-order chi connectivity index (χ1) is 12.3. The molecule has 0 aromatic carbocycles. The highest BCUT2D eigenvalue weighted by Crippen LogP contribution is 2.07. The van der Waals surface area contributed by atoms with Crippen LogP contribution in [-0.4, -0.2) is 48.3 Å². The second kappa shape index (κ2) is 11.4. The van der Waals surface area contributed by atoms with Crippen LogP contribution < -0.4 is 16.0 Å². The van der Waals surface area contributed by atoms with Gasteiger partial charge in [0.05, 0.1) is 0 Å². The van der Waals surface area contributed by atoms with Crippen molar-refractivity contribution in [2.75, 3.05) is 13.1 Å². The van der Waals surface area contributed by atoms with E-state index in [0.717, 1.165) is 6.42 Å². The minimum atomic E-state index is -0.729. The van der Waals surface area contributed by atoms with Crippen LogP contribution in [-0.2, 0) is 14.3 Å². The minimum absolute atomic E-state index is 0.00243. The quantitative estimate of drug-likeness (QED) is 0.368. The first kappa shape index (κ1) is 24.7. The maximum absolute atomic E-state index is 11.9. The lowest BCUT2D eigenvalue weighted by Crippen LogP contribution is -2.47. The van der Waals surface area contributed by atoms with Crippen molar-refractivity contribution in [2.45, 2.75) is 78.9 Å². The van der Waals surface area contributed by atoms with Crippen molar-refractivity contribution in [3.8, 4) is 0 Å². The molecular formula is C18H34N4O5. The van der Waals surface area contributed by atoms with E-state index in [0.29, 0.717) is 25.9 Å². The Bertz CT molecular complexity index is 501. The molecule has 9 nitrogen and oxygen atoms in total. The smallest absolute Gasteiger partial charge is 0.414 e. The summed E-state index contributed by atoms with van der Waals surface area (Å²) in [6, 6.07) is 0. The molecule has 9 heteroatoms. The van der Waals surface area contributed by atoms with Gasteiger partial charge in [-0.25, -0.2) is 9.59 Å². The number of hydrogen-bond acceptors (Lipinski definition) is 6. The van der Waals surface area contributed by atoms with Crippen molar-refractivity contribution in [2.24, 2.45) is 4.99 Å². The molecule has 156 valence electrons. The fraction of sp³-hybridized carbons (Fsp3) is 0.778. The van der Waals surface area contributed by atoms with E-state index in [-0.39, 0.29) is 11.9 Å². The third-order valence-corrected chi connectivity index (χ3v) is 2.74. The zero-order valence-corrected chi connectivity index (χ0v) is 17.5. The van der Waals surface area contributed by atoms with Crippen LogP contribution in [0.5, 0.6) is 0 Å². The van der Waals surface area contributed by atoms with Gasteiger partial charge < -0.3 is 14.8 Å². The fourth-order valence-electron chi connectivity index (χ4n) is 1.69. The molecule has 0 unspecified atom stereocenters. The molecule has 0 saturated carbocycles. The molecule has 0 bridgehead atoms. The van der Waals surface area contributed by atoms with Crippen molar-refractivity contribution >= 4 is 24.1 Å². The number of carbonyl (C=O) groups is 3. The summed E-state index contributed by atoms with van der Waals surface area (Å²) in [5.41, 5.74) is -1.36. The number of carbonyl (C=O) groups excluding carboxylic acids is 3. The van der Waals surface area contributed by atoms with Crippen LogP contribution in [0.2, 0.25) is 0 Å².